The Morgan fingerprint density at radius 3 is 2.77 bits per heavy atom. The number of nitrogens with two attached hydrogens (primary N) is 1. The first-order valence-electron chi connectivity index (χ1n) is 3.69. The van der Waals surface area contributed by atoms with Gasteiger partial charge in [0.25, 0.3) is 0 Å². The van der Waals surface area contributed by atoms with Crippen molar-refractivity contribution in [1.82, 2.24) is 4.98 Å². The lowest BCUT2D eigenvalue weighted by molar-refractivity contribution is 1.39. The summed E-state index contributed by atoms with van der Waals surface area (Å²) in [6.45, 7) is 0. The van der Waals surface area contributed by atoms with Gasteiger partial charge in [0.1, 0.15) is 5.82 Å². The molecule has 0 radical (unpaired) electrons. The normalized spacial score (nSPS) is 10.6. The maximum atomic E-state index is 6.06. The van der Waals surface area contributed by atoms with Gasteiger partial charge in [-0.25, -0.2) is 4.98 Å². The van der Waals surface area contributed by atoms with Gasteiger partial charge >= 0.3 is 0 Å². The molecule has 0 aliphatic carbocycles. The summed E-state index contributed by atoms with van der Waals surface area (Å²) in [5, 5.41) is 1.52. The van der Waals surface area contributed by atoms with Crippen molar-refractivity contribution in [1.29, 1.82) is 0 Å². The number of nitrogen functional groups attached to an aromatic ring is 1. The third-order valence-corrected chi connectivity index (χ3v) is 3.22. The van der Waals surface area contributed by atoms with E-state index >= 15 is 0 Å². The number of nitrogens with zero attached hydrogens (tertiary/aromatic N) is 1. The van der Waals surface area contributed by atoms with E-state index in [2.05, 4.69) is 20.9 Å². The van der Waals surface area contributed by atoms with Gasteiger partial charge in [-0.15, -0.1) is 0 Å². The lowest BCUT2D eigenvalue weighted by Crippen LogP contribution is -1.93. The molecular formula is C9H6BrClN2. The maximum absolute atomic E-state index is 6.06. The molecule has 2 aromatic rings. The zero-order valence-electron chi connectivity index (χ0n) is 6.59. The van der Waals surface area contributed by atoms with Gasteiger partial charge in [-0.1, -0.05) is 29.8 Å². The number of para-hydroxylation sites is 1. The van der Waals surface area contributed by atoms with Crippen LogP contribution in [-0.4, -0.2) is 4.98 Å². The molecule has 0 spiro atoms. The highest BCUT2D eigenvalue weighted by Crippen LogP contribution is 2.33. The monoisotopic (exact) mass is 256 g/mol. The van der Waals surface area contributed by atoms with Crippen molar-refractivity contribution in [3.05, 3.63) is 33.8 Å². The van der Waals surface area contributed by atoms with E-state index in [-0.39, 0.29) is 0 Å². The summed E-state index contributed by atoms with van der Waals surface area (Å²) < 4.78 is 0.660. The van der Waals surface area contributed by atoms with Crippen LogP contribution >= 0.6 is 27.5 Å². The highest BCUT2D eigenvalue weighted by atomic mass is 79.9. The first kappa shape index (κ1) is 8.78. The summed E-state index contributed by atoms with van der Waals surface area (Å²) in [5.41, 5.74) is 6.46. The van der Waals surface area contributed by atoms with Crippen LogP contribution in [0.1, 0.15) is 0 Å². The largest absolute Gasteiger partial charge is 0.383 e. The minimum atomic E-state index is 0.420. The molecule has 0 aliphatic rings. The molecule has 0 saturated carbocycles. The molecule has 0 amide bonds. The standard InChI is InChI=1S/C9H6BrClN2/c10-7-8(11)5-3-1-2-4-6(5)13-9(7)12/h1-4H,(H2,12,13). The van der Waals surface area contributed by atoms with Crippen LogP contribution in [0.15, 0.2) is 28.7 Å². The van der Waals surface area contributed by atoms with Gasteiger partial charge in [0.15, 0.2) is 0 Å². The minimum Gasteiger partial charge on any atom is -0.383 e. The Balaban J connectivity index is 2.94. The Morgan fingerprint density at radius 2 is 2.00 bits per heavy atom. The predicted molar refractivity (Wildman–Crippen MR) is 58.9 cm³/mol. The molecule has 0 saturated heterocycles. The molecule has 1 heterocycles. The average molecular weight is 258 g/mol. The Morgan fingerprint density at radius 1 is 1.31 bits per heavy atom. The summed E-state index contributed by atoms with van der Waals surface area (Å²) in [6.07, 6.45) is 0. The maximum Gasteiger partial charge on any atom is 0.139 e. The van der Waals surface area contributed by atoms with E-state index in [0.717, 1.165) is 10.9 Å². The highest BCUT2D eigenvalue weighted by Gasteiger charge is 2.07. The van der Waals surface area contributed by atoms with Crippen LogP contribution in [0.3, 0.4) is 0 Å². The first-order chi connectivity index (χ1) is 6.20. The molecule has 0 aliphatic heterocycles. The fourth-order valence-electron chi connectivity index (χ4n) is 1.17. The molecule has 0 atom stereocenters. The summed E-state index contributed by atoms with van der Waals surface area (Å²) in [6, 6.07) is 7.61. The quantitative estimate of drug-likeness (QED) is 0.787. The molecular weight excluding hydrogens is 251 g/mol. The van der Waals surface area contributed by atoms with Gasteiger partial charge in [-0.2, -0.15) is 0 Å². The number of pyridine rings is 1. The van der Waals surface area contributed by atoms with Crippen LogP contribution in [0, 0.1) is 0 Å². The number of rotatable bonds is 0. The third kappa shape index (κ3) is 1.38. The van der Waals surface area contributed by atoms with Crippen molar-refractivity contribution < 1.29 is 0 Å². The number of anilines is 1. The van der Waals surface area contributed by atoms with E-state index < -0.39 is 0 Å². The van der Waals surface area contributed by atoms with Crippen molar-refractivity contribution in [2.45, 2.75) is 0 Å². The third-order valence-electron chi connectivity index (χ3n) is 1.80. The predicted octanol–water partition coefficient (Wildman–Crippen LogP) is 3.23. The van der Waals surface area contributed by atoms with E-state index in [0.29, 0.717) is 15.3 Å². The number of benzene rings is 1. The van der Waals surface area contributed by atoms with Crippen molar-refractivity contribution in [2.75, 3.05) is 5.73 Å². The van der Waals surface area contributed by atoms with Crippen LogP contribution in [0.25, 0.3) is 10.9 Å². The lowest BCUT2D eigenvalue weighted by Gasteiger charge is -2.04. The molecule has 13 heavy (non-hydrogen) atoms. The second-order valence-corrected chi connectivity index (χ2v) is 3.81. The minimum absolute atomic E-state index is 0.420. The average Bonchev–Trinajstić information content (AvgIpc) is 2.15. The summed E-state index contributed by atoms with van der Waals surface area (Å²) in [5.74, 6) is 0.420. The van der Waals surface area contributed by atoms with Crippen molar-refractivity contribution in [3.8, 4) is 0 Å². The van der Waals surface area contributed by atoms with Crippen LogP contribution in [0.2, 0.25) is 5.02 Å². The molecule has 0 bridgehead atoms. The Bertz CT molecular complexity index is 470. The number of halogens is 2. The second-order valence-electron chi connectivity index (χ2n) is 2.64. The molecule has 2 N–H and O–H groups in total. The summed E-state index contributed by atoms with van der Waals surface area (Å²) in [7, 11) is 0. The van der Waals surface area contributed by atoms with Gasteiger partial charge in [0.2, 0.25) is 0 Å². The summed E-state index contributed by atoms with van der Waals surface area (Å²) >= 11 is 9.35. The van der Waals surface area contributed by atoms with Crippen molar-refractivity contribution in [3.63, 3.8) is 0 Å². The number of fused-ring (bicyclic) bond motifs is 1. The zero-order chi connectivity index (χ0) is 9.42. The van der Waals surface area contributed by atoms with E-state index in [1.165, 1.54) is 0 Å². The molecule has 0 unspecified atom stereocenters. The SMILES string of the molecule is Nc1nc2ccccc2c(Cl)c1Br. The molecule has 1 aromatic carbocycles. The van der Waals surface area contributed by atoms with Crippen molar-refractivity contribution in [2.24, 2.45) is 0 Å². The number of hydrogen-bond donors (Lipinski definition) is 1. The van der Waals surface area contributed by atoms with E-state index in [9.17, 15) is 0 Å². The van der Waals surface area contributed by atoms with Crippen LogP contribution in [-0.2, 0) is 0 Å². The molecule has 2 rings (SSSR count). The topological polar surface area (TPSA) is 38.9 Å². The van der Waals surface area contributed by atoms with E-state index in [4.69, 9.17) is 17.3 Å². The van der Waals surface area contributed by atoms with Crippen molar-refractivity contribution >= 4 is 44.3 Å². The smallest absolute Gasteiger partial charge is 0.139 e. The van der Waals surface area contributed by atoms with Crippen LogP contribution < -0.4 is 5.73 Å². The summed E-state index contributed by atoms with van der Waals surface area (Å²) in [4.78, 5) is 4.18. The zero-order valence-corrected chi connectivity index (χ0v) is 8.93. The van der Waals surface area contributed by atoms with E-state index in [1.54, 1.807) is 0 Å². The molecule has 4 heteroatoms. The van der Waals surface area contributed by atoms with Gasteiger partial charge in [-0.05, 0) is 22.0 Å². The molecule has 2 nitrogen and oxygen atoms in total. The van der Waals surface area contributed by atoms with Gasteiger partial charge in [0.05, 0.1) is 15.0 Å². The fraction of sp³-hybridized carbons (Fsp3) is 0. The molecule has 1 aromatic heterocycles. The number of aromatic nitrogens is 1. The van der Waals surface area contributed by atoms with Crippen LogP contribution in [0.5, 0.6) is 0 Å². The van der Waals surface area contributed by atoms with Gasteiger partial charge < -0.3 is 5.73 Å². The highest BCUT2D eigenvalue weighted by molar-refractivity contribution is 9.10. The second kappa shape index (κ2) is 3.16. The Hall–Kier alpha value is -0.800. The Kier molecular flexibility index (Phi) is 2.14. The van der Waals surface area contributed by atoms with E-state index in [1.807, 2.05) is 24.3 Å². The van der Waals surface area contributed by atoms with Crippen LogP contribution in [0.4, 0.5) is 5.82 Å². The Labute approximate surface area is 88.8 Å². The fourth-order valence-corrected chi connectivity index (χ4v) is 1.73. The first-order valence-corrected chi connectivity index (χ1v) is 4.86. The van der Waals surface area contributed by atoms with Gasteiger partial charge in [-0.3, -0.25) is 0 Å². The van der Waals surface area contributed by atoms with Gasteiger partial charge in [0, 0.05) is 5.39 Å². The lowest BCUT2D eigenvalue weighted by atomic mass is 10.2. The molecule has 66 valence electrons. The number of hydrogen-bond acceptors (Lipinski definition) is 2. The molecule has 0 fully saturated rings.